The number of rotatable bonds is 3. The molecule has 1 aromatic rings. The zero-order valence-electron chi connectivity index (χ0n) is 10.1. The second-order valence-corrected chi connectivity index (χ2v) is 7.26. The smallest absolute Gasteiger partial charge is 0.337 e. The molecule has 110 valence electrons. The van der Waals surface area contributed by atoms with Crippen LogP contribution in [0.15, 0.2) is 27.6 Å². The lowest BCUT2D eigenvalue weighted by Gasteiger charge is -2.19. The molecule has 1 heterocycles. The van der Waals surface area contributed by atoms with Crippen LogP contribution >= 0.6 is 15.9 Å². The van der Waals surface area contributed by atoms with Crippen molar-refractivity contribution in [1.82, 2.24) is 4.31 Å². The van der Waals surface area contributed by atoms with Gasteiger partial charge in [0.05, 0.1) is 11.4 Å². The van der Waals surface area contributed by atoms with Crippen molar-refractivity contribution in [1.29, 1.82) is 0 Å². The van der Waals surface area contributed by atoms with Gasteiger partial charge < -0.3 is 10.2 Å². The molecule has 0 bridgehead atoms. The van der Waals surface area contributed by atoms with E-state index in [1.165, 1.54) is 0 Å². The van der Waals surface area contributed by atoms with Crippen LogP contribution in [0.25, 0.3) is 0 Å². The van der Waals surface area contributed by atoms with E-state index < -0.39 is 34.0 Å². The van der Waals surface area contributed by atoms with Crippen LogP contribution in [-0.4, -0.2) is 47.6 Å². The second-order valence-electron chi connectivity index (χ2n) is 4.50. The summed E-state index contributed by atoms with van der Waals surface area (Å²) < 4.78 is 38.6. The third-order valence-electron chi connectivity index (χ3n) is 3.12. The van der Waals surface area contributed by atoms with E-state index in [2.05, 4.69) is 15.9 Å². The van der Waals surface area contributed by atoms with Gasteiger partial charge in [0.1, 0.15) is 5.82 Å². The number of hydrogen-bond acceptors (Lipinski definition) is 4. The number of carbonyl (C=O) groups is 1. The minimum absolute atomic E-state index is 0.0447. The topological polar surface area (TPSA) is 94.9 Å². The highest BCUT2D eigenvalue weighted by atomic mass is 79.9. The summed E-state index contributed by atoms with van der Waals surface area (Å²) in [5.41, 5.74) is -2.08. The van der Waals surface area contributed by atoms with E-state index in [0.29, 0.717) is 0 Å². The Morgan fingerprint density at radius 1 is 1.45 bits per heavy atom. The van der Waals surface area contributed by atoms with E-state index in [0.717, 1.165) is 22.5 Å². The molecule has 9 heteroatoms. The van der Waals surface area contributed by atoms with Crippen molar-refractivity contribution in [3.05, 3.63) is 28.5 Å². The second kappa shape index (κ2) is 5.06. The van der Waals surface area contributed by atoms with E-state index >= 15 is 0 Å². The molecule has 0 amide bonds. The summed E-state index contributed by atoms with van der Waals surface area (Å²) >= 11 is 2.96. The number of hydrogen-bond donors (Lipinski definition) is 2. The van der Waals surface area contributed by atoms with Gasteiger partial charge in [0, 0.05) is 17.4 Å². The molecule has 0 radical (unpaired) electrons. The maximum Gasteiger partial charge on any atom is 0.337 e. The van der Waals surface area contributed by atoms with Crippen molar-refractivity contribution in [2.45, 2.75) is 16.9 Å². The molecule has 6 nitrogen and oxygen atoms in total. The number of carboxylic acid groups (broad SMARTS) is 1. The first kappa shape index (κ1) is 15.4. The first-order valence-electron chi connectivity index (χ1n) is 5.58. The van der Waals surface area contributed by atoms with Gasteiger partial charge >= 0.3 is 5.97 Å². The molecule has 1 atom stereocenters. The molecule has 0 aliphatic carbocycles. The van der Waals surface area contributed by atoms with Crippen molar-refractivity contribution in [3.63, 3.8) is 0 Å². The molecule has 1 fully saturated rings. The van der Waals surface area contributed by atoms with E-state index in [1.54, 1.807) is 0 Å². The summed E-state index contributed by atoms with van der Waals surface area (Å²) in [6, 6.07) is 3.09. The lowest BCUT2D eigenvalue weighted by molar-refractivity contribution is -0.156. The summed E-state index contributed by atoms with van der Waals surface area (Å²) in [6.07, 6.45) is -0.194. The zero-order valence-corrected chi connectivity index (χ0v) is 12.5. The molecule has 0 spiro atoms. The number of carboxylic acids is 1. The molecular weight excluding hydrogens is 357 g/mol. The van der Waals surface area contributed by atoms with Crippen LogP contribution in [0.1, 0.15) is 6.42 Å². The maximum atomic E-state index is 13.0. The Morgan fingerprint density at radius 2 is 2.10 bits per heavy atom. The van der Waals surface area contributed by atoms with Gasteiger partial charge in [-0.1, -0.05) is 0 Å². The monoisotopic (exact) mass is 367 g/mol. The first-order valence-corrected chi connectivity index (χ1v) is 7.81. The molecule has 1 aromatic carbocycles. The molecule has 1 unspecified atom stereocenters. The van der Waals surface area contributed by atoms with Crippen molar-refractivity contribution in [2.24, 2.45) is 0 Å². The van der Waals surface area contributed by atoms with Crippen LogP contribution in [0.2, 0.25) is 0 Å². The summed E-state index contributed by atoms with van der Waals surface area (Å²) in [6.45, 7) is -0.649. The highest BCUT2D eigenvalue weighted by molar-refractivity contribution is 9.10. The molecule has 20 heavy (non-hydrogen) atoms. The van der Waals surface area contributed by atoms with Crippen LogP contribution in [0.5, 0.6) is 0 Å². The number of β-amino-alcohol motifs (C(OH)–C–C–N with tert-alkyl or cyclic N) is 1. The normalized spacial score (nSPS) is 23.9. The Kier molecular flexibility index (Phi) is 3.89. The van der Waals surface area contributed by atoms with Gasteiger partial charge in [-0.05, 0) is 34.1 Å². The van der Waals surface area contributed by atoms with E-state index in [4.69, 9.17) is 5.11 Å². The van der Waals surface area contributed by atoms with Crippen molar-refractivity contribution in [3.8, 4) is 0 Å². The number of aliphatic carboxylic acids is 1. The van der Waals surface area contributed by atoms with Crippen LogP contribution in [0, 0.1) is 5.82 Å². The quantitative estimate of drug-likeness (QED) is 0.823. The molecule has 2 N–H and O–H groups in total. The zero-order chi connectivity index (χ0) is 15.1. The minimum Gasteiger partial charge on any atom is -0.479 e. The Labute approximate surface area is 123 Å². The van der Waals surface area contributed by atoms with Crippen molar-refractivity contribution in [2.75, 3.05) is 13.1 Å². The van der Waals surface area contributed by atoms with Crippen LogP contribution < -0.4 is 0 Å². The first-order chi connectivity index (χ1) is 9.17. The highest BCUT2D eigenvalue weighted by Gasteiger charge is 2.47. The standard InChI is InChI=1S/C11H11BrFNO5S/c12-8-5-7(13)1-2-9(8)20(18,19)14-4-3-11(17,6-14)10(15)16/h1-2,5,17H,3-4,6H2,(H,15,16). The van der Waals surface area contributed by atoms with Gasteiger partial charge in [-0.3, -0.25) is 0 Å². The molecule has 1 saturated heterocycles. The highest BCUT2D eigenvalue weighted by Crippen LogP contribution is 2.31. The van der Waals surface area contributed by atoms with Gasteiger partial charge in [0.25, 0.3) is 0 Å². The van der Waals surface area contributed by atoms with E-state index in [1.807, 2.05) is 0 Å². The van der Waals surface area contributed by atoms with Crippen LogP contribution in [0.4, 0.5) is 4.39 Å². The molecular formula is C11H11BrFNO5S. The predicted octanol–water partition coefficient (Wildman–Crippen LogP) is 0.798. The molecule has 1 aliphatic rings. The third kappa shape index (κ3) is 2.58. The Balaban J connectivity index is 2.35. The number of halogens is 2. The van der Waals surface area contributed by atoms with Crippen LogP contribution in [-0.2, 0) is 14.8 Å². The summed E-state index contributed by atoms with van der Waals surface area (Å²) in [5.74, 6) is -2.06. The average molecular weight is 368 g/mol. The van der Waals surface area contributed by atoms with Gasteiger partial charge in [-0.2, -0.15) is 4.31 Å². The Hall–Kier alpha value is -1.03. The third-order valence-corrected chi connectivity index (χ3v) is 5.94. The summed E-state index contributed by atoms with van der Waals surface area (Å²) in [7, 11) is -3.99. The number of aliphatic hydroxyl groups is 1. The number of nitrogens with zero attached hydrogens (tertiary/aromatic N) is 1. The SMILES string of the molecule is O=C(O)C1(O)CCN(S(=O)(=O)c2ccc(F)cc2Br)C1. The fourth-order valence-corrected chi connectivity index (χ4v) is 4.47. The number of benzene rings is 1. The summed E-state index contributed by atoms with van der Waals surface area (Å²) in [4.78, 5) is 10.7. The van der Waals surface area contributed by atoms with Crippen molar-refractivity contribution < 1.29 is 27.8 Å². The minimum atomic E-state index is -3.99. The van der Waals surface area contributed by atoms with Gasteiger partial charge in [0.15, 0.2) is 5.60 Å². The fraction of sp³-hybridized carbons (Fsp3) is 0.364. The summed E-state index contributed by atoms with van der Waals surface area (Å²) in [5, 5.41) is 18.7. The van der Waals surface area contributed by atoms with Crippen LogP contribution in [0.3, 0.4) is 0 Å². The van der Waals surface area contributed by atoms with E-state index in [9.17, 15) is 22.7 Å². The number of sulfonamides is 1. The average Bonchev–Trinajstić information content (AvgIpc) is 2.73. The lowest BCUT2D eigenvalue weighted by atomic mass is 10.1. The van der Waals surface area contributed by atoms with Gasteiger partial charge in [0.2, 0.25) is 10.0 Å². The van der Waals surface area contributed by atoms with Crippen molar-refractivity contribution >= 4 is 31.9 Å². The fourth-order valence-electron chi connectivity index (χ4n) is 1.96. The van der Waals surface area contributed by atoms with Gasteiger partial charge in [-0.25, -0.2) is 17.6 Å². The molecule has 2 rings (SSSR count). The van der Waals surface area contributed by atoms with E-state index in [-0.39, 0.29) is 22.3 Å². The molecule has 1 aliphatic heterocycles. The Morgan fingerprint density at radius 3 is 2.60 bits per heavy atom. The lowest BCUT2D eigenvalue weighted by Crippen LogP contribution is -2.42. The Bertz CT molecular complexity index is 665. The largest absolute Gasteiger partial charge is 0.479 e. The maximum absolute atomic E-state index is 13.0. The molecule has 0 aromatic heterocycles. The van der Waals surface area contributed by atoms with Gasteiger partial charge in [-0.15, -0.1) is 0 Å². The predicted molar refractivity (Wildman–Crippen MR) is 70.1 cm³/mol. The molecule has 0 saturated carbocycles.